The van der Waals surface area contributed by atoms with Crippen LogP contribution in [0.15, 0.2) is 36.5 Å². The van der Waals surface area contributed by atoms with Gasteiger partial charge in [0.25, 0.3) is 0 Å². The summed E-state index contributed by atoms with van der Waals surface area (Å²) in [7, 11) is 0. The summed E-state index contributed by atoms with van der Waals surface area (Å²) in [6, 6.07) is 9.87. The number of para-hydroxylation sites is 1. The molecule has 5 nitrogen and oxygen atoms in total. The van der Waals surface area contributed by atoms with Gasteiger partial charge < -0.3 is 9.47 Å². The molecular formula is C16H16N2O3. The van der Waals surface area contributed by atoms with E-state index in [0.717, 1.165) is 16.4 Å². The second-order valence-corrected chi connectivity index (χ2v) is 4.54. The molecule has 0 fully saturated rings. The van der Waals surface area contributed by atoms with Crippen molar-refractivity contribution in [2.75, 3.05) is 13.2 Å². The second kappa shape index (κ2) is 5.44. The van der Waals surface area contributed by atoms with E-state index in [2.05, 4.69) is 5.10 Å². The highest BCUT2D eigenvalue weighted by atomic mass is 16.5. The van der Waals surface area contributed by atoms with Crippen LogP contribution in [0.3, 0.4) is 0 Å². The number of hydrogen-bond acceptors (Lipinski definition) is 4. The van der Waals surface area contributed by atoms with Crippen molar-refractivity contribution in [2.45, 2.75) is 13.8 Å². The van der Waals surface area contributed by atoms with E-state index in [1.807, 2.05) is 37.3 Å². The average molecular weight is 284 g/mol. The molecule has 108 valence electrons. The fourth-order valence-electron chi connectivity index (χ4n) is 2.39. The minimum atomic E-state index is -0.416. The van der Waals surface area contributed by atoms with Gasteiger partial charge in [0.15, 0.2) is 5.75 Å². The first-order valence-corrected chi connectivity index (χ1v) is 6.95. The van der Waals surface area contributed by atoms with Crippen molar-refractivity contribution in [3.63, 3.8) is 0 Å². The summed E-state index contributed by atoms with van der Waals surface area (Å²) >= 11 is 0. The summed E-state index contributed by atoms with van der Waals surface area (Å²) in [5.41, 5.74) is 2.10. The third-order valence-electron chi connectivity index (χ3n) is 3.25. The van der Waals surface area contributed by atoms with Gasteiger partial charge in [-0.05, 0) is 26.0 Å². The van der Waals surface area contributed by atoms with E-state index in [-0.39, 0.29) is 0 Å². The minimum Gasteiger partial charge on any atom is -0.491 e. The van der Waals surface area contributed by atoms with Crippen molar-refractivity contribution in [2.24, 2.45) is 0 Å². The van der Waals surface area contributed by atoms with Crippen LogP contribution in [0.1, 0.15) is 24.2 Å². The largest absolute Gasteiger partial charge is 0.491 e. The molecule has 0 N–H and O–H groups in total. The van der Waals surface area contributed by atoms with E-state index in [4.69, 9.17) is 9.47 Å². The third kappa shape index (κ3) is 2.20. The van der Waals surface area contributed by atoms with Gasteiger partial charge in [0.2, 0.25) is 0 Å². The Balaban J connectivity index is 2.28. The minimum absolute atomic E-state index is 0.318. The molecule has 0 saturated carbocycles. The van der Waals surface area contributed by atoms with E-state index >= 15 is 0 Å². The first-order chi connectivity index (χ1) is 10.3. The molecule has 0 aliphatic heterocycles. The molecule has 3 aromatic rings. The van der Waals surface area contributed by atoms with Crippen molar-refractivity contribution in [3.05, 3.63) is 42.1 Å². The predicted molar refractivity (Wildman–Crippen MR) is 79.8 cm³/mol. The van der Waals surface area contributed by atoms with Crippen molar-refractivity contribution < 1.29 is 14.3 Å². The summed E-state index contributed by atoms with van der Waals surface area (Å²) in [6.45, 7) is 4.44. The number of rotatable bonds is 4. The van der Waals surface area contributed by atoms with Crippen LogP contribution >= 0.6 is 0 Å². The van der Waals surface area contributed by atoms with E-state index in [1.54, 1.807) is 11.4 Å². The van der Waals surface area contributed by atoms with Gasteiger partial charge in [-0.2, -0.15) is 5.10 Å². The Morgan fingerprint density at radius 1 is 1.19 bits per heavy atom. The number of carbonyl (C=O) groups excluding carboxylic acids is 1. The zero-order valence-electron chi connectivity index (χ0n) is 12.0. The van der Waals surface area contributed by atoms with E-state index in [9.17, 15) is 4.79 Å². The lowest BCUT2D eigenvalue weighted by Gasteiger charge is -2.10. The molecule has 2 aromatic heterocycles. The van der Waals surface area contributed by atoms with Gasteiger partial charge in [-0.3, -0.25) is 0 Å². The summed E-state index contributed by atoms with van der Waals surface area (Å²) in [6.07, 6.45) is 1.50. The van der Waals surface area contributed by atoms with Crippen molar-refractivity contribution in [1.29, 1.82) is 0 Å². The summed E-state index contributed by atoms with van der Waals surface area (Å²) in [5.74, 6) is 0.100. The average Bonchev–Trinajstić information content (AvgIpc) is 2.87. The Hall–Kier alpha value is -2.56. The molecule has 3 rings (SSSR count). The Morgan fingerprint density at radius 2 is 2.00 bits per heavy atom. The SMILES string of the molecule is CCOC(=O)c1cnn2c(cc3ccccc32)c1OCC. The number of esters is 1. The Morgan fingerprint density at radius 3 is 2.76 bits per heavy atom. The molecule has 0 amide bonds. The number of ether oxygens (including phenoxy) is 2. The Kier molecular flexibility index (Phi) is 3.48. The third-order valence-corrected chi connectivity index (χ3v) is 3.25. The van der Waals surface area contributed by atoms with Crippen LogP contribution in [0, 0.1) is 0 Å². The lowest BCUT2D eigenvalue weighted by Crippen LogP contribution is -2.10. The molecule has 0 spiro atoms. The number of aromatic nitrogens is 2. The fourth-order valence-corrected chi connectivity index (χ4v) is 2.39. The molecule has 5 heteroatoms. The molecule has 21 heavy (non-hydrogen) atoms. The summed E-state index contributed by atoms with van der Waals surface area (Å²) in [4.78, 5) is 12.0. The number of benzene rings is 1. The number of fused-ring (bicyclic) bond motifs is 3. The van der Waals surface area contributed by atoms with E-state index in [0.29, 0.717) is 24.5 Å². The van der Waals surface area contributed by atoms with Crippen molar-refractivity contribution in [3.8, 4) is 5.75 Å². The van der Waals surface area contributed by atoms with Gasteiger partial charge in [0, 0.05) is 5.39 Å². The van der Waals surface area contributed by atoms with Crippen LogP contribution in [0.5, 0.6) is 5.75 Å². The molecule has 0 bridgehead atoms. The Bertz CT molecular complexity index is 808. The smallest absolute Gasteiger partial charge is 0.343 e. The van der Waals surface area contributed by atoms with Gasteiger partial charge in [0.05, 0.1) is 24.9 Å². The lowest BCUT2D eigenvalue weighted by atomic mass is 10.2. The summed E-state index contributed by atoms with van der Waals surface area (Å²) < 4.78 is 12.5. The van der Waals surface area contributed by atoms with Crippen LogP contribution < -0.4 is 4.74 Å². The molecule has 0 aliphatic rings. The topological polar surface area (TPSA) is 52.8 Å². The first kappa shape index (κ1) is 13.4. The van der Waals surface area contributed by atoms with Gasteiger partial charge in [-0.15, -0.1) is 0 Å². The molecule has 0 unspecified atom stereocenters. The number of carbonyl (C=O) groups is 1. The maximum absolute atomic E-state index is 12.0. The normalized spacial score (nSPS) is 11.0. The molecule has 0 aliphatic carbocycles. The van der Waals surface area contributed by atoms with Crippen LogP contribution in [0.25, 0.3) is 16.4 Å². The predicted octanol–water partition coefficient (Wildman–Crippen LogP) is 3.06. The first-order valence-electron chi connectivity index (χ1n) is 6.95. The monoisotopic (exact) mass is 284 g/mol. The highest BCUT2D eigenvalue weighted by Crippen LogP contribution is 2.30. The molecule has 0 saturated heterocycles. The van der Waals surface area contributed by atoms with Crippen LogP contribution in [0.2, 0.25) is 0 Å². The molecule has 1 aromatic carbocycles. The molecule has 0 atom stereocenters. The standard InChI is InChI=1S/C16H16N2O3/c1-3-20-15-12(16(19)21-4-2)10-17-18-13-8-6-5-7-11(13)9-14(15)18/h5-10H,3-4H2,1-2H3. The van der Waals surface area contributed by atoms with Gasteiger partial charge in [-0.25, -0.2) is 9.31 Å². The van der Waals surface area contributed by atoms with Gasteiger partial charge in [0.1, 0.15) is 11.1 Å². The highest BCUT2D eigenvalue weighted by molar-refractivity contribution is 5.97. The quantitative estimate of drug-likeness (QED) is 0.691. The maximum atomic E-state index is 12.0. The second-order valence-electron chi connectivity index (χ2n) is 4.54. The maximum Gasteiger partial charge on any atom is 0.343 e. The van der Waals surface area contributed by atoms with Crippen LogP contribution in [-0.4, -0.2) is 28.8 Å². The zero-order chi connectivity index (χ0) is 14.8. The molecule has 0 radical (unpaired) electrons. The fraction of sp³-hybridized carbons (Fsp3) is 0.250. The number of hydrogen-bond donors (Lipinski definition) is 0. The lowest BCUT2D eigenvalue weighted by molar-refractivity contribution is 0.0521. The summed E-state index contributed by atoms with van der Waals surface area (Å²) in [5, 5.41) is 5.40. The van der Waals surface area contributed by atoms with Crippen LogP contribution in [-0.2, 0) is 4.74 Å². The number of nitrogens with zero attached hydrogens (tertiary/aromatic N) is 2. The van der Waals surface area contributed by atoms with Crippen molar-refractivity contribution in [1.82, 2.24) is 9.61 Å². The van der Waals surface area contributed by atoms with Gasteiger partial charge >= 0.3 is 5.97 Å². The Labute approximate surface area is 122 Å². The van der Waals surface area contributed by atoms with E-state index < -0.39 is 5.97 Å². The zero-order valence-corrected chi connectivity index (χ0v) is 12.0. The van der Waals surface area contributed by atoms with Crippen molar-refractivity contribution >= 4 is 22.4 Å². The molecular weight excluding hydrogens is 268 g/mol. The van der Waals surface area contributed by atoms with Gasteiger partial charge in [-0.1, -0.05) is 18.2 Å². The van der Waals surface area contributed by atoms with E-state index in [1.165, 1.54) is 6.20 Å². The highest BCUT2D eigenvalue weighted by Gasteiger charge is 2.19. The molecule has 2 heterocycles. The van der Waals surface area contributed by atoms with Crippen LogP contribution in [0.4, 0.5) is 0 Å².